The lowest BCUT2D eigenvalue weighted by Gasteiger charge is -2.34. The third kappa shape index (κ3) is 1.11. The Bertz CT molecular complexity index is 286. The molecule has 0 aromatic rings. The predicted molar refractivity (Wildman–Crippen MR) is 66.0 cm³/mol. The van der Waals surface area contributed by atoms with Crippen molar-refractivity contribution in [2.75, 3.05) is 6.61 Å². The summed E-state index contributed by atoms with van der Waals surface area (Å²) < 4.78 is 0. The van der Waals surface area contributed by atoms with Gasteiger partial charge in [0.1, 0.15) is 0 Å². The number of hydrogen-bond acceptors (Lipinski definition) is 1. The predicted octanol–water partition coefficient (Wildman–Crippen LogP) is 3.47. The summed E-state index contributed by atoms with van der Waals surface area (Å²) in [7, 11) is 0. The Hall–Kier alpha value is -0.0400. The summed E-state index contributed by atoms with van der Waals surface area (Å²) in [5.74, 6) is 3.73. The van der Waals surface area contributed by atoms with Gasteiger partial charge in [-0.15, -0.1) is 0 Å². The summed E-state index contributed by atoms with van der Waals surface area (Å²) in [6, 6.07) is 0. The molecule has 0 aromatic carbocycles. The molecule has 1 heteroatoms. The van der Waals surface area contributed by atoms with Gasteiger partial charge in [0.15, 0.2) is 0 Å². The van der Waals surface area contributed by atoms with Gasteiger partial charge in [-0.05, 0) is 60.2 Å². The average Bonchev–Trinajstić information content (AvgIpc) is 2.62. The Balaban J connectivity index is 1.59. The highest BCUT2D eigenvalue weighted by atomic mass is 16.3. The van der Waals surface area contributed by atoms with Gasteiger partial charge in [0.2, 0.25) is 0 Å². The molecule has 0 amide bonds. The third-order valence-corrected chi connectivity index (χ3v) is 6.83. The van der Waals surface area contributed by atoms with E-state index < -0.39 is 0 Å². The third-order valence-electron chi connectivity index (χ3n) is 6.83. The SMILES string of the molecule is CC(CO)CCCC1(C)C2CC3C(C2)C31C. The van der Waals surface area contributed by atoms with Gasteiger partial charge >= 0.3 is 0 Å². The second-order valence-corrected chi connectivity index (χ2v) is 7.26. The smallest absolute Gasteiger partial charge is 0.0456 e. The van der Waals surface area contributed by atoms with E-state index in [0.717, 1.165) is 23.2 Å². The van der Waals surface area contributed by atoms with Crippen LogP contribution in [0.4, 0.5) is 0 Å². The number of rotatable bonds is 5. The number of aliphatic hydroxyl groups excluding tert-OH is 1. The topological polar surface area (TPSA) is 20.2 Å². The maximum atomic E-state index is 9.06. The average molecular weight is 222 g/mol. The summed E-state index contributed by atoms with van der Waals surface area (Å²) in [5, 5.41) is 9.06. The van der Waals surface area contributed by atoms with Gasteiger partial charge in [-0.25, -0.2) is 0 Å². The lowest BCUT2D eigenvalue weighted by Crippen LogP contribution is -2.27. The molecule has 0 radical (unpaired) electrons. The highest BCUT2D eigenvalue weighted by molar-refractivity contribution is 5.28. The number of aliphatic hydroxyl groups is 1. The van der Waals surface area contributed by atoms with Crippen LogP contribution < -0.4 is 0 Å². The minimum absolute atomic E-state index is 0.364. The largest absolute Gasteiger partial charge is 0.396 e. The maximum absolute atomic E-state index is 9.06. The van der Waals surface area contributed by atoms with Crippen LogP contribution >= 0.6 is 0 Å². The van der Waals surface area contributed by atoms with Crippen molar-refractivity contribution < 1.29 is 5.11 Å². The van der Waals surface area contributed by atoms with Crippen LogP contribution in [0.25, 0.3) is 0 Å². The molecule has 1 nitrogen and oxygen atoms in total. The lowest BCUT2D eigenvalue weighted by molar-refractivity contribution is 0.140. The van der Waals surface area contributed by atoms with Crippen molar-refractivity contribution in [3.63, 3.8) is 0 Å². The van der Waals surface area contributed by atoms with E-state index in [1.165, 1.54) is 32.1 Å². The Labute approximate surface area is 99.6 Å². The molecule has 0 spiro atoms. The van der Waals surface area contributed by atoms with Crippen LogP contribution in [0.5, 0.6) is 0 Å². The van der Waals surface area contributed by atoms with E-state index in [1.54, 1.807) is 0 Å². The molecule has 16 heavy (non-hydrogen) atoms. The normalized spacial score (nSPS) is 54.4. The van der Waals surface area contributed by atoms with E-state index in [-0.39, 0.29) is 0 Å². The van der Waals surface area contributed by atoms with E-state index in [9.17, 15) is 0 Å². The molecule has 4 aliphatic carbocycles. The first kappa shape index (κ1) is 11.1. The molecule has 4 unspecified atom stereocenters. The van der Waals surface area contributed by atoms with Crippen molar-refractivity contribution in [3.05, 3.63) is 0 Å². The van der Waals surface area contributed by atoms with Gasteiger partial charge in [0.25, 0.3) is 0 Å². The van der Waals surface area contributed by atoms with Crippen LogP contribution in [-0.4, -0.2) is 11.7 Å². The van der Waals surface area contributed by atoms with E-state index in [4.69, 9.17) is 5.11 Å². The monoisotopic (exact) mass is 222 g/mol. The van der Waals surface area contributed by atoms with Gasteiger partial charge in [-0.1, -0.05) is 27.2 Å². The Morgan fingerprint density at radius 2 is 1.88 bits per heavy atom. The molecular formula is C15H26O. The van der Waals surface area contributed by atoms with Crippen molar-refractivity contribution >= 4 is 0 Å². The summed E-state index contributed by atoms with van der Waals surface area (Å²) >= 11 is 0. The fraction of sp³-hybridized carbons (Fsp3) is 1.00. The van der Waals surface area contributed by atoms with E-state index in [1.807, 2.05) is 0 Å². The van der Waals surface area contributed by atoms with Gasteiger partial charge in [-0.2, -0.15) is 0 Å². The van der Waals surface area contributed by atoms with Crippen molar-refractivity contribution in [2.24, 2.45) is 34.5 Å². The first-order chi connectivity index (χ1) is 7.54. The summed E-state index contributed by atoms with van der Waals surface area (Å²) in [5.41, 5.74) is 1.37. The second-order valence-electron chi connectivity index (χ2n) is 7.26. The van der Waals surface area contributed by atoms with Crippen LogP contribution in [0, 0.1) is 34.5 Å². The molecule has 4 atom stereocenters. The van der Waals surface area contributed by atoms with E-state index in [2.05, 4.69) is 20.8 Å². The zero-order valence-corrected chi connectivity index (χ0v) is 11.0. The van der Waals surface area contributed by atoms with Crippen LogP contribution in [0.1, 0.15) is 52.9 Å². The zero-order chi connectivity index (χ0) is 11.6. The Morgan fingerprint density at radius 3 is 2.31 bits per heavy atom. The van der Waals surface area contributed by atoms with Crippen molar-refractivity contribution in [2.45, 2.75) is 52.9 Å². The molecule has 4 bridgehead atoms. The zero-order valence-electron chi connectivity index (χ0n) is 11.0. The van der Waals surface area contributed by atoms with Gasteiger partial charge < -0.3 is 5.11 Å². The molecule has 4 saturated carbocycles. The lowest BCUT2D eigenvalue weighted by atomic mass is 9.70. The molecule has 0 aliphatic heterocycles. The molecule has 4 aliphatic rings. The summed E-state index contributed by atoms with van der Waals surface area (Å²) in [6.45, 7) is 7.65. The molecule has 4 fully saturated rings. The maximum Gasteiger partial charge on any atom is 0.0456 e. The van der Waals surface area contributed by atoms with Crippen LogP contribution in [0.15, 0.2) is 0 Å². The molecule has 1 N–H and O–H groups in total. The quantitative estimate of drug-likeness (QED) is 0.755. The first-order valence-corrected chi connectivity index (χ1v) is 7.15. The van der Waals surface area contributed by atoms with Crippen molar-refractivity contribution in [1.82, 2.24) is 0 Å². The van der Waals surface area contributed by atoms with E-state index >= 15 is 0 Å². The summed E-state index contributed by atoms with van der Waals surface area (Å²) in [4.78, 5) is 0. The molecular weight excluding hydrogens is 196 g/mol. The molecule has 4 rings (SSSR count). The molecule has 0 heterocycles. The Kier molecular flexibility index (Phi) is 2.25. The minimum atomic E-state index is 0.364. The second kappa shape index (κ2) is 3.25. The van der Waals surface area contributed by atoms with Gasteiger partial charge in [0, 0.05) is 6.61 Å². The van der Waals surface area contributed by atoms with Crippen LogP contribution in [0.2, 0.25) is 0 Å². The highest BCUT2D eigenvalue weighted by Gasteiger charge is 2.80. The minimum Gasteiger partial charge on any atom is -0.396 e. The van der Waals surface area contributed by atoms with Crippen molar-refractivity contribution in [1.29, 1.82) is 0 Å². The molecule has 92 valence electrons. The highest BCUT2D eigenvalue weighted by Crippen LogP contribution is 2.87. The van der Waals surface area contributed by atoms with E-state index in [0.29, 0.717) is 17.9 Å². The standard InChI is InChI=1S/C15H26O/c1-10(9-16)5-4-6-14(2)11-7-12-13(8-11)15(12,14)3/h10-13,16H,4-9H2,1-3H3. The molecule has 0 saturated heterocycles. The summed E-state index contributed by atoms with van der Waals surface area (Å²) in [6.07, 6.45) is 7.01. The van der Waals surface area contributed by atoms with Gasteiger partial charge in [-0.3, -0.25) is 0 Å². The van der Waals surface area contributed by atoms with Gasteiger partial charge in [0.05, 0.1) is 0 Å². The van der Waals surface area contributed by atoms with Crippen molar-refractivity contribution in [3.8, 4) is 0 Å². The van der Waals surface area contributed by atoms with Crippen LogP contribution in [-0.2, 0) is 0 Å². The fourth-order valence-corrected chi connectivity index (χ4v) is 5.42. The Morgan fingerprint density at radius 1 is 1.25 bits per heavy atom. The fourth-order valence-electron chi connectivity index (χ4n) is 5.42. The van der Waals surface area contributed by atoms with Crippen LogP contribution in [0.3, 0.4) is 0 Å². The number of hydrogen-bond donors (Lipinski definition) is 1. The first-order valence-electron chi connectivity index (χ1n) is 7.15. The molecule has 0 aromatic heterocycles.